The number of Topliss-reactive ketones (excluding diaryl/α,β-unsaturated/α-hetero) is 1. The molecule has 0 saturated carbocycles. The molecule has 1 heterocycles. The molecule has 3 aromatic rings. The predicted molar refractivity (Wildman–Crippen MR) is 102 cm³/mol. The predicted octanol–water partition coefficient (Wildman–Crippen LogP) is 3.95. The number of hydrogen-bond donors (Lipinski definition) is 2. The Kier molecular flexibility index (Phi) is 5.37. The summed E-state index contributed by atoms with van der Waals surface area (Å²) in [5, 5.41) is 19.6. The van der Waals surface area contributed by atoms with Crippen molar-refractivity contribution in [3.8, 4) is 28.6 Å². The van der Waals surface area contributed by atoms with Gasteiger partial charge in [-0.15, -0.1) is 0 Å². The molecular formula is C21H22O6. The molecule has 27 heavy (non-hydrogen) atoms. The fourth-order valence-corrected chi connectivity index (χ4v) is 3.18. The largest absolute Gasteiger partial charge is 0.504 e. The number of methoxy groups -OCH3 is 2. The number of ketones is 1. The topological polar surface area (TPSA) is 89.1 Å². The van der Waals surface area contributed by atoms with E-state index in [4.69, 9.17) is 19.0 Å². The Labute approximate surface area is 156 Å². The monoisotopic (exact) mass is 370 g/mol. The van der Waals surface area contributed by atoms with Gasteiger partial charge in [0.05, 0.1) is 19.8 Å². The molecule has 0 bridgehead atoms. The normalized spacial score (nSPS) is 11.0. The number of phenols is 1. The summed E-state index contributed by atoms with van der Waals surface area (Å²) >= 11 is 0. The minimum atomic E-state index is -0.142. The van der Waals surface area contributed by atoms with Crippen molar-refractivity contribution in [1.29, 1.82) is 0 Å². The van der Waals surface area contributed by atoms with Crippen molar-refractivity contribution >= 4 is 16.8 Å². The molecule has 142 valence electrons. The lowest BCUT2D eigenvalue weighted by Gasteiger charge is -2.06. The highest BCUT2D eigenvalue weighted by Gasteiger charge is 2.23. The molecule has 0 fully saturated rings. The number of rotatable bonds is 7. The summed E-state index contributed by atoms with van der Waals surface area (Å²) in [6, 6.07) is 8.54. The maximum Gasteiger partial charge on any atom is 0.177 e. The minimum Gasteiger partial charge on any atom is -0.504 e. The van der Waals surface area contributed by atoms with E-state index in [2.05, 4.69) is 0 Å². The van der Waals surface area contributed by atoms with Crippen LogP contribution in [-0.4, -0.2) is 36.8 Å². The van der Waals surface area contributed by atoms with Crippen molar-refractivity contribution in [3.05, 3.63) is 41.5 Å². The van der Waals surface area contributed by atoms with Crippen molar-refractivity contribution in [1.82, 2.24) is 0 Å². The SMILES string of the molecule is COc1cc(-c2oc3c(OC)cc(CCCO)cc3c2C(C)=O)ccc1O. The van der Waals surface area contributed by atoms with E-state index in [-0.39, 0.29) is 23.9 Å². The molecular weight excluding hydrogens is 348 g/mol. The summed E-state index contributed by atoms with van der Waals surface area (Å²) < 4.78 is 16.7. The number of benzene rings is 2. The Morgan fingerprint density at radius 2 is 1.85 bits per heavy atom. The Hall–Kier alpha value is -2.99. The van der Waals surface area contributed by atoms with E-state index < -0.39 is 0 Å². The van der Waals surface area contributed by atoms with Crippen LogP contribution in [-0.2, 0) is 6.42 Å². The summed E-state index contributed by atoms with van der Waals surface area (Å²) in [4.78, 5) is 12.4. The first-order valence-electron chi connectivity index (χ1n) is 8.62. The molecule has 0 aliphatic heterocycles. The van der Waals surface area contributed by atoms with Gasteiger partial charge in [-0.3, -0.25) is 4.79 Å². The van der Waals surface area contributed by atoms with Gasteiger partial charge in [-0.1, -0.05) is 0 Å². The second kappa shape index (κ2) is 7.72. The molecule has 0 unspecified atom stereocenters. The molecule has 0 aliphatic carbocycles. The maximum atomic E-state index is 12.4. The summed E-state index contributed by atoms with van der Waals surface area (Å²) in [6.07, 6.45) is 1.28. The van der Waals surface area contributed by atoms with Gasteiger partial charge in [-0.25, -0.2) is 0 Å². The lowest BCUT2D eigenvalue weighted by atomic mass is 9.99. The number of aliphatic hydroxyl groups is 1. The molecule has 2 N–H and O–H groups in total. The summed E-state index contributed by atoms with van der Waals surface area (Å²) in [7, 11) is 3.00. The molecule has 0 atom stereocenters. The number of fused-ring (bicyclic) bond motifs is 1. The molecule has 0 saturated heterocycles. The zero-order valence-corrected chi connectivity index (χ0v) is 15.5. The van der Waals surface area contributed by atoms with Crippen molar-refractivity contribution in [2.45, 2.75) is 19.8 Å². The summed E-state index contributed by atoms with van der Waals surface area (Å²) in [6.45, 7) is 1.57. The van der Waals surface area contributed by atoms with Crippen LogP contribution in [0.15, 0.2) is 34.7 Å². The number of ether oxygens (including phenoxy) is 2. The first-order chi connectivity index (χ1) is 13.0. The van der Waals surface area contributed by atoms with Gasteiger partial charge in [-0.2, -0.15) is 0 Å². The lowest BCUT2D eigenvalue weighted by molar-refractivity contribution is 0.101. The van der Waals surface area contributed by atoms with E-state index in [9.17, 15) is 9.90 Å². The van der Waals surface area contributed by atoms with E-state index in [0.29, 0.717) is 46.4 Å². The quantitative estimate of drug-likeness (QED) is 0.612. The van der Waals surface area contributed by atoms with E-state index in [1.807, 2.05) is 12.1 Å². The second-order valence-electron chi connectivity index (χ2n) is 6.25. The first kappa shape index (κ1) is 18.8. The highest BCUT2D eigenvalue weighted by molar-refractivity contribution is 6.12. The number of aryl methyl sites for hydroxylation is 1. The average Bonchev–Trinajstić information content (AvgIpc) is 3.05. The number of furan rings is 1. The number of hydrogen-bond acceptors (Lipinski definition) is 6. The zero-order valence-electron chi connectivity index (χ0n) is 15.5. The third-order valence-electron chi connectivity index (χ3n) is 4.45. The van der Waals surface area contributed by atoms with E-state index in [0.717, 1.165) is 5.56 Å². The Balaban J connectivity index is 2.27. The van der Waals surface area contributed by atoms with Crippen LogP contribution in [0.2, 0.25) is 0 Å². The standard InChI is InChI=1S/C21H22O6/c1-12(23)19-15-9-13(5-4-8-22)10-18(26-3)21(15)27-20(19)14-6-7-16(24)17(11-14)25-2/h6-7,9-11,22,24H,4-5,8H2,1-3H3. The summed E-state index contributed by atoms with van der Waals surface area (Å²) in [5.41, 5.74) is 2.50. The van der Waals surface area contributed by atoms with Gasteiger partial charge >= 0.3 is 0 Å². The number of aromatic hydroxyl groups is 1. The van der Waals surface area contributed by atoms with E-state index >= 15 is 0 Å². The lowest BCUT2D eigenvalue weighted by Crippen LogP contribution is -1.96. The number of carbonyl (C=O) groups is 1. The molecule has 6 nitrogen and oxygen atoms in total. The fourth-order valence-electron chi connectivity index (χ4n) is 3.18. The highest BCUT2D eigenvalue weighted by atomic mass is 16.5. The van der Waals surface area contributed by atoms with Crippen LogP contribution in [0.1, 0.15) is 29.3 Å². The third kappa shape index (κ3) is 3.48. The number of carbonyl (C=O) groups excluding carboxylic acids is 1. The van der Waals surface area contributed by atoms with Gasteiger partial charge in [-0.05, 0) is 55.7 Å². The molecule has 6 heteroatoms. The molecule has 3 rings (SSSR count). The number of phenolic OH excluding ortho intramolecular Hbond substituents is 1. The summed E-state index contributed by atoms with van der Waals surface area (Å²) in [5.74, 6) is 1.08. The molecule has 0 aliphatic rings. The van der Waals surface area contributed by atoms with Gasteiger partial charge in [0, 0.05) is 17.6 Å². The average molecular weight is 370 g/mol. The van der Waals surface area contributed by atoms with Crippen molar-refractivity contribution in [2.75, 3.05) is 20.8 Å². The molecule has 2 aromatic carbocycles. The maximum absolute atomic E-state index is 12.4. The third-order valence-corrected chi connectivity index (χ3v) is 4.45. The van der Waals surface area contributed by atoms with Gasteiger partial charge in [0.2, 0.25) is 0 Å². The van der Waals surface area contributed by atoms with Gasteiger partial charge < -0.3 is 24.1 Å². The van der Waals surface area contributed by atoms with Crippen LogP contribution < -0.4 is 9.47 Å². The van der Waals surface area contributed by atoms with E-state index in [1.165, 1.54) is 20.1 Å². The van der Waals surface area contributed by atoms with Crippen LogP contribution in [0.25, 0.3) is 22.3 Å². The zero-order chi connectivity index (χ0) is 19.6. The smallest absolute Gasteiger partial charge is 0.177 e. The van der Waals surface area contributed by atoms with Crippen LogP contribution >= 0.6 is 0 Å². The van der Waals surface area contributed by atoms with Crippen LogP contribution in [0.5, 0.6) is 17.2 Å². The minimum absolute atomic E-state index is 0.00519. The Morgan fingerprint density at radius 1 is 1.11 bits per heavy atom. The van der Waals surface area contributed by atoms with Crippen molar-refractivity contribution in [2.24, 2.45) is 0 Å². The molecule has 0 radical (unpaired) electrons. The van der Waals surface area contributed by atoms with Gasteiger partial charge in [0.25, 0.3) is 0 Å². The van der Waals surface area contributed by atoms with Crippen LogP contribution in [0.3, 0.4) is 0 Å². The van der Waals surface area contributed by atoms with Gasteiger partial charge in [0.15, 0.2) is 28.6 Å². The highest BCUT2D eigenvalue weighted by Crippen LogP contribution is 2.41. The van der Waals surface area contributed by atoms with Crippen LogP contribution in [0, 0.1) is 0 Å². The Morgan fingerprint density at radius 3 is 2.48 bits per heavy atom. The van der Waals surface area contributed by atoms with Crippen LogP contribution in [0.4, 0.5) is 0 Å². The van der Waals surface area contributed by atoms with E-state index in [1.54, 1.807) is 19.2 Å². The second-order valence-corrected chi connectivity index (χ2v) is 6.25. The van der Waals surface area contributed by atoms with Crippen molar-refractivity contribution < 1.29 is 28.9 Å². The number of aliphatic hydroxyl groups excluding tert-OH is 1. The molecule has 0 spiro atoms. The van der Waals surface area contributed by atoms with Crippen molar-refractivity contribution in [3.63, 3.8) is 0 Å². The fraction of sp³-hybridized carbons (Fsp3) is 0.286. The first-order valence-corrected chi connectivity index (χ1v) is 8.62. The van der Waals surface area contributed by atoms with Gasteiger partial charge in [0.1, 0.15) is 5.76 Å². The molecule has 1 aromatic heterocycles. The Bertz CT molecular complexity index is 986. The molecule has 0 amide bonds.